The van der Waals surface area contributed by atoms with E-state index in [2.05, 4.69) is 0 Å². The molecule has 1 saturated carbocycles. The summed E-state index contributed by atoms with van der Waals surface area (Å²) in [4.78, 5) is 0. The van der Waals surface area contributed by atoms with E-state index in [1.54, 1.807) is 14.2 Å². The van der Waals surface area contributed by atoms with Crippen LogP contribution in [0, 0.1) is 5.41 Å². The van der Waals surface area contributed by atoms with Crippen LogP contribution in [-0.2, 0) is 9.47 Å². The fourth-order valence-corrected chi connectivity index (χ4v) is 2.01. The summed E-state index contributed by atoms with van der Waals surface area (Å²) in [7, 11) is 3.23. The molecule has 3 nitrogen and oxygen atoms in total. The molecule has 0 unspecified atom stereocenters. The first-order chi connectivity index (χ1) is 6.25. The SMILES string of the molecule is COC(=N)C1(OC)CCCCCC1. The monoisotopic (exact) mass is 185 g/mol. The minimum absolute atomic E-state index is 0.289. The molecular weight excluding hydrogens is 166 g/mol. The maximum atomic E-state index is 7.73. The average Bonchev–Trinajstić information content (AvgIpc) is 2.42. The molecule has 0 aromatic rings. The summed E-state index contributed by atoms with van der Waals surface area (Å²) in [6, 6.07) is 0. The third-order valence-corrected chi connectivity index (χ3v) is 2.92. The Kier molecular flexibility index (Phi) is 3.72. The first kappa shape index (κ1) is 10.5. The Labute approximate surface area is 79.9 Å². The van der Waals surface area contributed by atoms with Gasteiger partial charge in [0.15, 0.2) is 0 Å². The van der Waals surface area contributed by atoms with Gasteiger partial charge in [0.1, 0.15) is 5.60 Å². The number of hydrogen-bond acceptors (Lipinski definition) is 3. The molecule has 1 fully saturated rings. The number of nitrogens with one attached hydrogen (secondary N) is 1. The van der Waals surface area contributed by atoms with E-state index in [1.807, 2.05) is 0 Å². The molecule has 0 bridgehead atoms. The van der Waals surface area contributed by atoms with Crippen LogP contribution in [0.1, 0.15) is 38.5 Å². The Bertz CT molecular complexity index is 172. The lowest BCUT2D eigenvalue weighted by molar-refractivity contribution is 0.0182. The molecule has 0 aliphatic heterocycles. The Morgan fingerprint density at radius 3 is 2.00 bits per heavy atom. The summed E-state index contributed by atoms with van der Waals surface area (Å²) in [6.45, 7) is 0. The maximum absolute atomic E-state index is 7.73. The van der Waals surface area contributed by atoms with Gasteiger partial charge in [-0.3, -0.25) is 5.41 Å². The Morgan fingerprint density at radius 1 is 1.08 bits per heavy atom. The summed E-state index contributed by atoms with van der Waals surface area (Å²) in [5.74, 6) is 0.289. The lowest BCUT2D eigenvalue weighted by Crippen LogP contribution is -2.40. The third kappa shape index (κ3) is 2.21. The van der Waals surface area contributed by atoms with Gasteiger partial charge in [-0.25, -0.2) is 0 Å². The zero-order valence-corrected chi connectivity index (χ0v) is 8.56. The van der Waals surface area contributed by atoms with E-state index in [1.165, 1.54) is 12.8 Å². The van der Waals surface area contributed by atoms with Crippen LogP contribution in [0.2, 0.25) is 0 Å². The van der Waals surface area contributed by atoms with Crippen LogP contribution in [-0.4, -0.2) is 25.7 Å². The van der Waals surface area contributed by atoms with Gasteiger partial charge in [-0.15, -0.1) is 0 Å². The normalized spacial score (nSPS) is 22.0. The zero-order chi connectivity index (χ0) is 9.73. The van der Waals surface area contributed by atoms with E-state index in [-0.39, 0.29) is 5.90 Å². The summed E-state index contributed by atoms with van der Waals surface area (Å²) in [6.07, 6.45) is 6.63. The van der Waals surface area contributed by atoms with Crippen molar-refractivity contribution < 1.29 is 9.47 Å². The average molecular weight is 185 g/mol. The van der Waals surface area contributed by atoms with Crippen molar-refractivity contribution in [3.63, 3.8) is 0 Å². The molecule has 1 N–H and O–H groups in total. The van der Waals surface area contributed by atoms with Gasteiger partial charge in [0.2, 0.25) is 5.90 Å². The van der Waals surface area contributed by atoms with Crippen molar-refractivity contribution in [2.24, 2.45) is 0 Å². The first-order valence-corrected chi connectivity index (χ1v) is 4.93. The molecule has 0 radical (unpaired) electrons. The lowest BCUT2D eigenvalue weighted by atomic mass is 9.94. The zero-order valence-electron chi connectivity index (χ0n) is 8.56. The molecule has 3 heteroatoms. The van der Waals surface area contributed by atoms with E-state index in [0.29, 0.717) is 0 Å². The van der Waals surface area contributed by atoms with Crippen LogP contribution in [0.3, 0.4) is 0 Å². The Hall–Kier alpha value is -0.570. The molecule has 0 atom stereocenters. The highest BCUT2D eigenvalue weighted by atomic mass is 16.5. The summed E-state index contributed by atoms with van der Waals surface area (Å²) in [5, 5.41) is 7.73. The molecule has 13 heavy (non-hydrogen) atoms. The molecule has 0 saturated heterocycles. The van der Waals surface area contributed by atoms with Crippen molar-refractivity contribution in [1.82, 2.24) is 0 Å². The predicted molar refractivity (Wildman–Crippen MR) is 52.2 cm³/mol. The van der Waals surface area contributed by atoms with Crippen LogP contribution < -0.4 is 0 Å². The molecule has 0 amide bonds. The molecule has 1 aliphatic carbocycles. The Morgan fingerprint density at radius 2 is 1.62 bits per heavy atom. The molecule has 0 spiro atoms. The van der Waals surface area contributed by atoms with Crippen LogP contribution >= 0.6 is 0 Å². The lowest BCUT2D eigenvalue weighted by Gasteiger charge is -2.30. The van der Waals surface area contributed by atoms with Gasteiger partial charge in [0.25, 0.3) is 0 Å². The molecule has 1 aliphatic rings. The fraction of sp³-hybridized carbons (Fsp3) is 0.900. The van der Waals surface area contributed by atoms with Crippen LogP contribution in [0.15, 0.2) is 0 Å². The number of ether oxygens (including phenoxy) is 2. The fourth-order valence-electron chi connectivity index (χ4n) is 2.01. The summed E-state index contributed by atoms with van der Waals surface area (Å²) in [5.41, 5.74) is -0.425. The van der Waals surface area contributed by atoms with Crippen molar-refractivity contribution in [3.8, 4) is 0 Å². The molecule has 0 aromatic carbocycles. The summed E-state index contributed by atoms with van der Waals surface area (Å²) < 4.78 is 10.5. The predicted octanol–water partition coefficient (Wildman–Crippen LogP) is 2.35. The van der Waals surface area contributed by atoms with Crippen molar-refractivity contribution >= 4 is 5.90 Å². The minimum atomic E-state index is -0.425. The largest absolute Gasteiger partial charge is 0.482 e. The second-order valence-electron chi connectivity index (χ2n) is 3.65. The highest BCUT2D eigenvalue weighted by Gasteiger charge is 2.36. The van der Waals surface area contributed by atoms with Gasteiger partial charge in [-0.1, -0.05) is 25.7 Å². The number of methoxy groups -OCH3 is 2. The van der Waals surface area contributed by atoms with E-state index < -0.39 is 5.60 Å². The van der Waals surface area contributed by atoms with Gasteiger partial charge in [0, 0.05) is 7.11 Å². The smallest absolute Gasteiger partial charge is 0.213 e. The van der Waals surface area contributed by atoms with Crippen molar-refractivity contribution in [2.45, 2.75) is 44.1 Å². The molecule has 1 rings (SSSR count). The van der Waals surface area contributed by atoms with E-state index in [4.69, 9.17) is 14.9 Å². The first-order valence-electron chi connectivity index (χ1n) is 4.93. The summed E-state index contributed by atoms with van der Waals surface area (Å²) >= 11 is 0. The van der Waals surface area contributed by atoms with Crippen molar-refractivity contribution in [1.29, 1.82) is 5.41 Å². The van der Waals surface area contributed by atoms with Gasteiger partial charge in [-0.2, -0.15) is 0 Å². The van der Waals surface area contributed by atoms with E-state index >= 15 is 0 Å². The van der Waals surface area contributed by atoms with Gasteiger partial charge < -0.3 is 9.47 Å². The topological polar surface area (TPSA) is 42.3 Å². The van der Waals surface area contributed by atoms with Gasteiger partial charge in [0.05, 0.1) is 7.11 Å². The van der Waals surface area contributed by atoms with Gasteiger partial charge in [-0.05, 0) is 12.8 Å². The standard InChI is InChI=1S/C10H19NO2/c1-12-9(11)10(13-2)7-5-3-4-6-8-10/h11H,3-8H2,1-2H3. The highest BCUT2D eigenvalue weighted by molar-refractivity contribution is 5.82. The molecule has 76 valence electrons. The third-order valence-electron chi connectivity index (χ3n) is 2.92. The number of rotatable bonds is 2. The number of hydrogen-bond donors (Lipinski definition) is 1. The minimum Gasteiger partial charge on any atom is -0.482 e. The van der Waals surface area contributed by atoms with E-state index in [0.717, 1.165) is 25.7 Å². The van der Waals surface area contributed by atoms with Crippen LogP contribution in [0.5, 0.6) is 0 Å². The highest BCUT2D eigenvalue weighted by Crippen LogP contribution is 2.31. The maximum Gasteiger partial charge on any atom is 0.213 e. The Balaban J connectivity index is 2.70. The second-order valence-corrected chi connectivity index (χ2v) is 3.65. The van der Waals surface area contributed by atoms with Crippen molar-refractivity contribution in [2.75, 3.05) is 14.2 Å². The van der Waals surface area contributed by atoms with Crippen LogP contribution in [0.25, 0.3) is 0 Å². The molecular formula is C10H19NO2. The molecule has 0 heterocycles. The van der Waals surface area contributed by atoms with Gasteiger partial charge >= 0.3 is 0 Å². The second kappa shape index (κ2) is 4.61. The van der Waals surface area contributed by atoms with Crippen LogP contribution in [0.4, 0.5) is 0 Å². The van der Waals surface area contributed by atoms with E-state index in [9.17, 15) is 0 Å². The molecule has 0 aromatic heterocycles. The quantitative estimate of drug-likeness (QED) is 0.407. The van der Waals surface area contributed by atoms with Crippen molar-refractivity contribution in [3.05, 3.63) is 0 Å².